The average Bonchev–Trinajstić information content (AvgIpc) is 3.45. The maximum Gasteiger partial charge on any atom is 0.212 e. The summed E-state index contributed by atoms with van der Waals surface area (Å²) in [7, 11) is 0. The lowest BCUT2D eigenvalue weighted by molar-refractivity contribution is -0.380. The Morgan fingerprint density at radius 1 is 0.422 bits per heavy atom. The van der Waals surface area contributed by atoms with Crippen molar-refractivity contribution in [3.05, 3.63) is 0 Å². The van der Waals surface area contributed by atoms with Crippen molar-refractivity contribution in [1.29, 1.82) is 0 Å². The van der Waals surface area contributed by atoms with E-state index in [0.717, 1.165) is 6.92 Å². The summed E-state index contributed by atoms with van der Waals surface area (Å²) in [4.78, 5) is 0. The van der Waals surface area contributed by atoms with Crippen LogP contribution in [0.25, 0.3) is 0 Å². The van der Waals surface area contributed by atoms with Crippen LogP contribution < -0.4 is 0 Å². The van der Waals surface area contributed by atoms with Gasteiger partial charge < -0.3 is 148 Å². The van der Waals surface area contributed by atoms with Gasteiger partial charge in [0, 0.05) is 6.42 Å². The molecular formula is C53H106O30. The van der Waals surface area contributed by atoms with Crippen LogP contribution >= 0.6 is 0 Å². The van der Waals surface area contributed by atoms with E-state index in [-0.39, 0.29) is 6.61 Å². The van der Waals surface area contributed by atoms with Crippen LogP contribution in [0.15, 0.2) is 0 Å². The zero-order chi connectivity index (χ0) is 64.3. The molecule has 1 heterocycles. The number of aliphatic hydroxyl groups excluding tert-OH is 15. The van der Waals surface area contributed by atoms with E-state index < -0.39 is 216 Å². The van der Waals surface area contributed by atoms with E-state index in [2.05, 4.69) is 0 Å². The Balaban J connectivity index is 4.01. The van der Waals surface area contributed by atoms with Gasteiger partial charge in [0.2, 0.25) is 37.7 Å². The summed E-state index contributed by atoms with van der Waals surface area (Å²) in [5, 5.41) is 174. The molecule has 0 spiro atoms. The highest BCUT2D eigenvalue weighted by Gasteiger charge is 2.48. The van der Waals surface area contributed by atoms with Crippen LogP contribution in [-0.4, -0.2) is 298 Å². The van der Waals surface area contributed by atoms with Crippen LogP contribution in [0.2, 0.25) is 0 Å². The fourth-order valence-corrected chi connectivity index (χ4v) is 7.37. The SMILES string of the molecule is C[C@H](O)C(COC(OC(COC1OC(CO)C(OC(C)(C)C)C(O)C1O)[C@H](C)O)[C@@H](O)OC(OC(COC(C)(C)C)[C@H](C)O)[C@H](O)CC(OC(CO)[C@H](C)O)[C@H](O)OC(C)(C)C)OC(O[C@H](O)C(OC(CO)[C@H](C)O)OC(C)(C)C)C(O)O. The van der Waals surface area contributed by atoms with Crippen LogP contribution in [0.4, 0.5) is 0 Å². The molecule has 1 aliphatic rings. The number of rotatable bonds is 40. The first kappa shape index (κ1) is 79.8. The summed E-state index contributed by atoms with van der Waals surface area (Å²) >= 11 is 0. The second kappa shape index (κ2) is 36.5. The van der Waals surface area contributed by atoms with Crippen molar-refractivity contribution >= 4 is 0 Å². The molecule has 0 aromatic rings. The molecule has 0 aromatic heterocycles. The minimum Gasteiger partial charge on any atom is -0.394 e. The fourth-order valence-electron chi connectivity index (χ4n) is 7.37. The molecule has 30 nitrogen and oxygen atoms in total. The topological polar surface area (TPSA) is 453 Å². The molecular weight excluding hydrogens is 1120 g/mol. The maximum absolute atomic E-state index is 12.1. The molecule has 1 aliphatic heterocycles. The first-order valence-electron chi connectivity index (χ1n) is 27.8. The van der Waals surface area contributed by atoms with Crippen molar-refractivity contribution in [3.63, 3.8) is 0 Å². The highest BCUT2D eigenvalue weighted by Crippen LogP contribution is 2.30. The van der Waals surface area contributed by atoms with Gasteiger partial charge in [0.15, 0.2) is 18.9 Å². The van der Waals surface area contributed by atoms with E-state index in [1.54, 1.807) is 83.1 Å². The molecule has 83 heavy (non-hydrogen) atoms. The van der Waals surface area contributed by atoms with Gasteiger partial charge in [-0.3, -0.25) is 0 Å². The minimum absolute atomic E-state index is 0.365. The fraction of sp³-hybridized carbons (Fsp3) is 1.00. The molecule has 1 rings (SSSR count). The van der Waals surface area contributed by atoms with Gasteiger partial charge in [-0.2, -0.15) is 0 Å². The van der Waals surface area contributed by atoms with Crippen LogP contribution in [0.3, 0.4) is 0 Å². The maximum atomic E-state index is 12.1. The lowest BCUT2D eigenvalue weighted by Gasteiger charge is -2.44. The van der Waals surface area contributed by atoms with E-state index in [1.165, 1.54) is 27.7 Å². The Morgan fingerprint density at radius 2 is 0.855 bits per heavy atom. The van der Waals surface area contributed by atoms with Crippen LogP contribution in [0, 0.1) is 0 Å². The Morgan fingerprint density at radius 3 is 1.30 bits per heavy atom. The van der Waals surface area contributed by atoms with Crippen molar-refractivity contribution in [1.82, 2.24) is 0 Å². The molecule has 0 radical (unpaired) electrons. The minimum atomic E-state index is -2.61. The van der Waals surface area contributed by atoms with E-state index in [1.807, 2.05) is 0 Å². The molecule has 24 atom stereocenters. The van der Waals surface area contributed by atoms with Gasteiger partial charge in [-0.25, -0.2) is 0 Å². The summed E-state index contributed by atoms with van der Waals surface area (Å²) in [5.41, 5.74) is -3.82. The molecule has 15 unspecified atom stereocenters. The third-order valence-corrected chi connectivity index (χ3v) is 11.8. The Bertz CT molecular complexity index is 1680. The van der Waals surface area contributed by atoms with Gasteiger partial charge >= 0.3 is 0 Å². The van der Waals surface area contributed by atoms with E-state index in [9.17, 15) is 81.7 Å². The molecule has 0 bridgehead atoms. The quantitative estimate of drug-likeness (QED) is 0.0266. The Hall–Kier alpha value is -1.20. The summed E-state index contributed by atoms with van der Waals surface area (Å²) in [6, 6.07) is 0. The van der Waals surface area contributed by atoms with E-state index >= 15 is 0 Å². The van der Waals surface area contributed by atoms with Crippen molar-refractivity contribution in [2.24, 2.45) is 0 Å². The van der Waals surface area contributed by atoms with E-state index in [0.29, 0.717) is 0 Å². The zero-order valence-electron chi connectivity index (χ0n) is 51.3. The Kier molecular flexibility index (Phi) is 35.1. The van der Waals surface area contributed by atoms with Crippen LogP contribution in [0.1, 0.15) is 124 Å². The Labute approximate surface area is 487 Å². The number of aliphatic hydroxyl groups is 16. The third kappa shape index (κ3) is 30.7. The molecule has 30 heteroatoms. The number of ether oxygens (including phenoxy) is 14. The van der Waals surface area contributed by atoms with E-state index in [4.69, 9.17) is 66.3 Å². The molecule has 0 amide bonds. The molecule has 1 fully saturated rings. The third-order valence-electron chi connectivity index (χ3n) is 11.8. The van der Waals surface area contributed by atoms with Crippen molar-refractivity contribution in [3.8, 4) is 0 Å². The van der Waals surface area contributed by atoms with Gasteiger partial charge in [-0.05, 0) is 118 Å². The van der Waals surface area contributed by atoms with Crippen LogP contribution in [-0.2, 0) is 66.3 Å². The second-order valence-corrected chi connectivity index (χ2v) is 24.6. The monoisotopic (exact) mass is 1220 g/mol. The van der Waals surface area contributed by atoms with Gasteiger partial charge in [0.25, 0.3) is 0 Å². The molecule has 0 aromatic carbocycles. The number of hydrogen-bond donors (Lipinski definition) is 16. The highest BCUT2D eigenvalue weighted by atomic mass is 16.8. The predicted molar refractivity (Wildman–Crippen MR) is 287 cm³/mol. The van der Waals surface area contributed by atoms with Crippen molar-refractivity contribution < 1.29 is 148 Å². The smallest absolute Gasteiger partial charge is 0.212 e. The van der Waals surface area contributed by atoms with Crippen LogP contribution in [0.5, 0.6) is 0 Å². The van der Waals surface area contributed by atoms with Gasteiger partial charge in [0.05, 0.1) is 92.6 Å². The zero-order valence-corrected chi connectivity index (χ0v) is 51.3. The summed E-state index contributed by atoms with van der Waals surface area (Å²) in [5.74, 6) is 0. The largest absolute Gasteiger partial charge is 0.394 e. The first-order chi connectivity index (χ1) is 37.9. The standard InChI is InChI=1S/C53H106O30/c1-25(57)32(19-54)73-31(42(67)82-52(12,13)14)18-30(62)45(76-37(29(5)61)24-72-50(6,7)8)79-43(68)48(78-36(28(4)60)22-70-46-39(64)38(63)40(34(21-56)75-46)81-51(9,10)11)71-23-35(27(3)59)77-47(41(65)66)80-44(69)49(83-53(15,16)17)74-33(20-55)26(2)58/h25-49,54-69H,18-24H2,1-17H3/t25-,26-,27-,28-,29-,30+,31?,32?,33?,34?,35?,36?,37?,38?,39?,40?,42+,43-,44-,45?,46?,47?,48?,49?/m0/s1. The van der Waals surface area contributed by atoms with Gasteiger partial charge in [-0.15, -0.1) is 0 Å². The lowest BCUT2D eigenvalue weighted by Crippen LogP contribution is -2.61. The van der Waals surface area contributed by atoms with Crippen molar-refractivity contribution in [2.45, 2.75) is 301 Å². The first-order valence-corrected chi connectivity index (χ1v) is 27.8. The van der Waals surface area contributed by atoms with Crippen molar-refractivity contribution in [2.75, 3.05) is 39.6 Å². The van der Waals surface area contributed by atoms with Gasteiger partial charge in [0.1, 0.15) is 67.1 Å². The molecule has 0 aliphatic carbocycles. The summed E-state index contributed by atoms with van der Waals surface area (Å²) < 4.78 is 81.4. The molecule has 498 valence electrons. The molecule has 1 saturated heterocycles. The molecule has 16 N–H and O–H groups in total. The summed E-state index contributed by atoms with van der Waals surface area (Å²) in [6.45, 7) is 21.5. The number of hydrogen-bond acceptors (Lipinski definition) is 30. The molecule has 0 saturated carbocycles. The van der Waals surface area contributed by atoms with Gasteiger partial charge in [-0.1, -0.05) is 0 Å². The highest BCUT2D eigenvalue weighted by molar-refractivity contribution is 4.92. The summed E-state index contributed by atoms with van der Waals surface area (Å²) in [6.07, 6.45) is -44.8. The average molecular weight is 1220 g/mol. The second-order valence-electron chi connectivity index (χ2n) is 24.6. The lowest BCUT2D eigenvalue weighted by atomic mass is 9.98. The predicted octanol–water partition coefficient (Wildman–Crippen LogP) is -3.37. The normalized spacial score (nSPS) is 25.9.